The van der Waals surface area contributed by atoms with E-state index < -0.39 is 0 Å². The van der Waals surface area contributed by atoms with Crippen molar-refractivity contribution in [3.63, 3.8) is 0 Å². The molecule has 2 aromatic rings. The fraction of sp³-hybridized carbons (Fsp3) is 0.333. The van der Waals surface area contributed by atoms with Crippen LogP contribution in [0.2, 0.25) is 0 Å². The van der Waals surface area contributed by atoms with Gasteiger partial charge >= 0.3 is 0 Å². The van der Waals surface area contributed by atoms with Gasteiger partial charge < -0.3 is 19.3 Å². The highest BCUT2D eigenvalue weighted by atomic mass is 16.5. The van der Waals surface area contributed by atoms with E-state index in [1.165, 1.54) is 0 Å². The third-order valence-electron chi connectivity index (χ3n) is 4.72. The molecule has 0 bridgehead atoms. The van der Waals surface area contributed by atoms with Gasteiger partial charge in [0.15, 0.2) is 0 Å². The first-order valence-electron chi connectivity index (χ1n) is 8.96. The maximum Gasteiger partial charge on any atom is 0.246 e. The Labute approximate surface area is 159 Å². The van der Waals surface area contributed by atoms with E-state index in [4.69, 9.17) is 9.47 Å². The SMILES string of the molecule is COc1ccc(CCC(=O)N2CCN(c3cccc(OC)c3)C(=O)C2)cc1. The molecule has 0 radical (unpaired) electrons. The minimum Gasteiger partial charge on any atom is -0.497 e. The Hall–Kier alpha value is -3.02. The van der Waals surface area contributed by atoms with Gasteiger partial charge in [0.05, 0.1) is 14.2 Å². The van der Waals surface area contributed by atoms with Gasteiger partial charge in [0.2, 0.25) is 11.8 Å². The van der Waals surface area contributed by atoms with Crippen molar-refractivity contribution in [1.82, 2.24) is 4.90 Å². The largest absolute Gasteiger partial charge is 0.497 e. The third kappa shape index (κ3) is 4.58. The average Bonchev–Trinajstić information content (AvgIpc) is 2.72. The molecule has 1 saturated heterocycles. The molecule has 2 aromatic carbocycles. The Morgan fingerprint density at radius 2 is 1.74 bits per heavy atom. The summed E-state index contributed by atoms with van der Waals surface area (Å²) in [5.74, 6) is 1.43. The molecule has 0 aliphatic carbocycles. The van der Waals surface area contributed by atoms with Gasteiger partial charge in [0, 0.05) is 31.3 Å². The lowest BCUT2D eigenvalue weighted by atomic mass is 10.1. The monoisotopic (exact) mass is 368 g/mol. The number of rotatable bonds is 6. The molecule has 0 spiro atoms. The van der Waals surface area contributed by atoms with E-state index in [0.717, 1.165) is 17.0 Å². The normalized spacial score (nSPS) is 14.2. The number of anilines is 1. The van der Waals surface area contributed by atoms with Crippen molar-refractivity contribution >= 4 is 17.5 Å². The first-order chi connectivity index (χ1) is 13.1. The molecule has 1 aliphatic rings. The van der Waals surface area contributed by atoms with Gasteiger partial charge in [-0.2, -0.15) is 0 Å². The Morgan fingerprint density at radius 1 is 1.00 bits per heavy atom. The maximum absolute atomic E-state index is 12.5. The predicted molar refractivity (Wildman–Crippen MR) is 103 cm³/mol. The number of nitrogens with zero attached hydrogens (tertiary/aromatic N) is 2. The molecule has 142 valence electrons. The molecule has 2 amide bonds. The van der Waals surface area contributed by atoms with E-state index in [1.807, 2.05) is 48.5 Å². The zero-order chi connectivity index (χ0) is 19.2. The second kappa shape index (κ2) is 8.58. The van der Waals surface area contributed by atoms with Crippen molar-refractivity contribution in [1.29, 1.82) is 0 Å². The fourth-order valence-electron chi connectivity index (χ4n) is 3.14. The number of benzene rings is 2. The molecule has 1 heterocycles. The van der Waals surface area contributed by atoms with Crippen LogP contribution in [0.3, 0.4) is 0 Å². The van der Waals surface area contributed by atoms with E-state index in [-0.39, 0.29) is 18.4 Å². The molecule has 0 aromatic heterocycles. The Morgan fingerprint density at radius 3 is 2.41 bits per heavy atom. The highest BCUT2D eigenvalue weighted by Crippen LogP contribution is 2.23. The Balaban J connectivity index is 1.55. The molecule has 0 unspecified atom stereocenters. The molecule has 6 heteroatoms. The van der Waals surface area contributed by atoms with Crippen molar-refractivity contribution in [3.8, 4) is 11.5 Å². The van der Waals surface area contributed by atoms with Gasteiger partial charge in [-0.05, 0) is 36.2 Å². The summed E-state index contributed by atoms with van der Waals surface area (Å²) >= 11 is 0. The predicted octanol–water partition coefficient (Wildman–Crippen LogP) is 2.51. The Bertz CT molecular complexity index is 804. The number of ether oxygens (including phenoxy) is 2. The molecule has 1 fully saturated rings. The van der Waals surface area contributed by atoms with Gasteiger partial charge in [0.1, 0.15) is 18.0 Å². The van der Waals surface area contributed by atoms with Crippen LogP contribution in [0.4, 0.5) is 5.69 Å². The molecule has 0 N–H and O–H groups in total. The second-order valence-corrected chi connectivity index (χ2v) is 6.41. The minimum absolute atomic E-state index is 0.00413. The summed E-state index contributed by atoms with van der Waals surface area (Å²) in [7, 11) is 3.22. The number of carbonyl (C=O) groups excluding carboxylic acids is 2. The summed E-state index contributed by atoms with van der Waals surface area (Å²) in [6, 6.07) is 15.1. The molecular formula is C21H24N2O4. The van der Waals surface area contributed by atoms with Crippen molar-refractivity contribution in [2.75, 3.05) is 38.8 Å². The smallest absolute Gasteiger partial charge is 0.246 e. The Kier molecular flexibility index (Phi) is 5.96. The third-order valence-corrected chi connectivity index (χ3v) is 4.72. The molecule has 1 aliphatic heterocycles. The maximum atomic E-state index is 12.5. The number of aryl methyl sites for hydroxylation is 1. The van der Waals surface area contributed by atoms with Crippen LogP contribution in [0.15, 0.2) is 48.5 Å². The molecule has 3 rings (SSSR count). The number of piperazine rings is 1. The van der Waals surface area contributed by atoms with Gasteiger partial charge in [-0.25, -0.2) is 0 Å². The van der Waals surface area contributed by atoms with Crippen LogP contribution in [0.1, 0.15) is 12.0 Å². The quantitative estimate of drug-likeness (QED) is 0.786. The van der Waals surface area contributed by atoms with Crippen LogP contribution < -0.4 is 14.4 Å². The van der Waals surface area contributed by atoms with Gasteiger partial charge in [-0.3, -0.25) is 9.59 Å². The van der Waals surface area contributed by atoms with Crippen LogP contribution in [-0.2, 0) is 16.0 Å². The molecule has 0 atom stereocenters. The second-order valence-electron chi connectivity index (χ2n) is 6.41. The lowest BCUT2D eigenvalue weighted by Crippen LogP contribution is -2.52. The summed E-state index contributed by atoms with van der Waals surface area (Å²) in [4.78, 5) is 28.4. The number of amides is 2. The molecule has 0 saturated carbocycles. The number of hydrogen-bond donors (Lipinski definition) is 0. The fourth-order valence-corrected chi connectivity index (χ4v) is 3.14. The van der Waals surface area contributed by atoms with Gasteiger partial charge in [-0.1, -0.05) is 18.2 Å². The zero-order valence-electron chi connectivity index (χ0n) is 15.7. The van der Waals surface area contributed by atoms with Crippen molar-refractivity contribution in [2.24, 2.45) is 0 Å². The number of carbonyl (C=O) groups is 2. The van der Waals surface area contributed by atoms with Crippen LogP contribution in [0.5, 0.6) is 11.5 Å². The highest BCUT2D eigenvalue weighted by Gasteiger charge is 2.27. The number of hydrogen-bond acceptors (Lipinski definition) is 4. The summed E-state index contributed by atoms with van der Waals surface area (Å²) in [5.41, 5.74) is 1.87. The van der Waals surface area contributed by atoms with E-state index in [9.17, 15) is 9.59 Å². The highest BCUT2D eigenvalue weighted by molar-refractivity contribution is 5.98. The lowest BCUT2D eigenvalue weighted by molar-refractivity contribution is -0.136. The van der Waals surface area contributed by atoms with Gasteiger partial charge in [0.25, 0.3) is 0 Å². The summed E-state index contributed by atoms with van der Waals surface area (Å²) in [6.45, 7) is 1.13. The standard InChI is InChI=1S/C21H24N2O4/c1-26-18-9-6-16(7-10-18)8-11-20(24)22-12-13-23(21(25)15-22)17-4-3-5-19(14-17)27-2/h3-7,9-10,14H,8,11-13,15H2,1-2H3. The van der Waals surface area contributed by atoms with E-state index >= 15 is 0 Å². The molecular weight excluding hydrogens is 344 g/mol. The lowest BCUT2D eigenvalue weighted by Gasteiger charge is -2.34. The first-order valence-corrected chi connectivity index (χ1v) is 8.96. The average molecular weight is 368 g/mol. The first kappa shape index (κ1) is 18.8. The topological polar surface area (TPSA) is 59.1 Å². The minimum atomic E-state index is -0.0766. The van der Waals surface area contributed by atoms with Crippen molar-refractivity contribution < 1.29 is 19.1 Å². The molecule has 27 heavy (non-hydrogen) atoms. The van der Waals surface area contributed by atoms with Crippen LogP contribution in [0, 0.1) is 0 Å². The zero-order valence-corrected chi connectivity index (χ0v) is 15.7. The van der Waals surface area contributed by atoms with Gasteiger partial charge in [-0.15, -0.1) is 0 Å². The van der Waals surface area contributed by atoms with Crippen molar-refractivity contribution in [3.05, 3.63) is 54.1 Å². The summed E-state index contributed by atoms with van der Waals surface area (Å²) in [5, 5.41) is 0. The van der Waals surface area contributed by atoms with E-state index in [1.54, 1.807) is 24.0 Å². The van der Waals surface area contributed by atoms with Crippen LogP contribution in [-0.4, -0.2) is 50.6 Å². The molecule has 6 nitrogen and oxygen atoms in total. The van der Waals surface area contributed by atoms with Crippen LogP contribution in [0.25, 0.3) is 0 Å². The van der Waals surface area contributed by atoms with E-state index in [0.29, 0.717) is 31.7 Å². The van der Waals surface area contributed by atoms with Crippen LogP contribution >= 0.6 is 0 Å². The van der Waals surface area contributed by atoms with Crippen molar-refractivity contribution in [2.45, 2.75) is 12.8 Å². The summed E-state index contributed by atoms with van der Waals surface area (Å²) < 4.78 is 10.4. The number of methoxy groups -OCH3 is 2. The summed E-state index contributed by atoms with van der Waals surface area (Å²) in [6.07, 6.45) is 1.03. The van der Waals surface area contributed by atoms with E-state index in [2.05, 4.69) is 0 Å².